The Balaban J connectivity index is 1.63. The van der Waals surface area contributed by atoms with Crippen LogP contribution >= 0.6 is 0 Å². The van der Waals surface area contributed by atoms with Gasteiger partial charge in [0.15, 0.2) is 0 Å². The SMILES string of the molecule is Cc1cc(F)ccc1S(=O)(=O)NCC(=O)N1CCOC2(CCCC2)C1. The van der Waals surface area contributed by atoms with Gasteiger partial charge in [-0.05, 0) is 43.5 Å². The molecule has 0 atom stereocenters. The number of carbonyl (C=O) groups excluding carboxylic acids is 1. The third-order valence-electron chi connectivity index (χ3n) is 4.96. The van der Waals surface area contributed by atoms with Gasteiger partial charge in [-0.25, -0.2) is 17.5 Å². The van der Waals surface area contributed by atoms with Crippen LogP contribution in [-0.2, 0) is 19.6 Å². The summed E-state index contributed by atoms with van der Waals surface area (Å²) in [6, 6.07) is 3.46. The molecule has 8 heteroatoms. The van der Waals surface area contributed by atoms with Gasteiger partial charge in [0.05, 0.1) is 23.6 Å². The molecule has 138 valence electrons. The van der Waals surface area contributed by atoms with Crippen LogP contribution < -0.4 is 4.72 Å². The minimum atomic E-state index is -3.86. The monoisotopic (exact) mass is 370 g/mol. The lowest BCUT2D eigenvalue weighted by atomic mass is 10.00. The van der Waals surface area contributed by atoms with Crippen LogP contribution in [0.3, 0.4) is 0 Å². The summed E-state index contributed by atoms with van der Waals surface area (Å²) < 4.78 is 46.1. The van der Waals surface area contributed by atoms with E-state index in [9.17, 15) is 17.6 Å². The lowest BCUT2D eigenvalue weighted by Crippen LogP contribution is -2.54. The van der Waals surface area contributed by atoms with E-state index in [-0.39, 0.29) is 22.9 Å². The molecule has 1 amide bonds. The van der Waals surface area contributed by atoms with Crippen molar-refractivity contribution in [3.8, 4) is 0 Å². The number of benzene rings is 1. The van der Waals surface area contributed by atoms with Gasteiger partial charge in [0, 0.05) is 13.1 Å². The number of hydrogen-bond acceptors (Lipinski definition) is 4. The van der Waals surface area contributed by atoms with Crippen LogP contribution in [0.4, 0.5) is 4.39 Å². The van der Waals surface area contributed by atoms with E-state index >= 15 is 0 Å². The van der Waals surface area contributed by atoms with Gasteiger partial charge in [-0.3, -0.25) is 4.79 Å². The maximum Gasteiger partial charge on any atom is 0.241 e. The van der Waals surface area contributed by atoms with E-state index in [0.717, 1.165) is 37.8 Å². The normalized spacial score (nSPS) is 20.2. The molecule has 0 aromatic heterocycles. The molecule has 1 heterocycles. The molecule has 1 N–H and O–H groups in total. The highest BCUT2D eigenvalue weighted by atomic mass is 32.2. The molecule has 2 fully saturated rings. The second-order valence-electron chi connectivity index (χ2n) is 6.79. The zero-order valence-electron chi connectivity index (χ0n) is 14.3. The van der Waals surface area contributed by atoms with Crippen molar-refractivity contribution in [2.45, 2.75) is 43.1 Å². The first kappa shape index (κ1) is 18.3. The van der Waals surface area contributed by atoms with E-state index in [1.54, 1.807) is 4.90 Å². The summed E-state index contributed by atoms with van der Waals surface area (Å²) in [5.41, 5.74) is 0.0524. The first-order valence-electron chi connectivity index (χ1n) is 8.49. The summed E-state index contributed by atoms with van der Waals surface area (Å²) in [5.74, 6) is -0.763. The van der Waals surface area contributed by atoms with Crippen LogP contribution in [0.5, 0.6) is 0 Å². The van der Waals surface area contributed by atoms with Gasteiger partial charge in [0.25, 0.3) is 0 Å². The third-order valence-corrected chi connectivity index (χ3v) is 6.52. The summed E-state index contributed by atoms with van der Waals surface area (Å²) in [4.78, 5) is 14.1. The van der Waals surface area contributed by atoms with E-state index in [4.69, 9.17) is 4.74 Å². The van der Waals surface area contributed by atoms with Crippen molar-refractivity contribution in [3.05, 3.63) is 29.6 Å². The van der Waals surface area contributed by atoms with Gasteiger partial charge < -0.3 is 9.64 Å². The largest absolute Gasteiger partial charge is 0.371 e. The molecule has 3 rings (SSSR count). The Morgan fingerprint density at radius 3 is 2.76 bits per heavy atom. The summed E-state index contributed by atoms with van der Waals surface area (Å²) in [5, 5.41) is 0. The highest BCUT2D eigenvalue weighted by Gasteiger charge is 2.40. The van der Waals surface area contributed by atoms with Gasteiger partial charge in [0.2, 0.25) is 15.9 Å². The molecule has 25 heavy (non-hydrogen) atoms. The smallest absolute Gasteiger partial charge is 0.241 e. The fourth-order valence-corrected chi connectivity index (χ4v) is 4.84. The zero-order chi connectivity index (χ0) is 18.1. The number of ether oxygens (including phenoxy) is 1. The lowest BCUT2D eigenvalue weighted by Gasteiger charge is -2.40. The van der Waals surface area contributed by atoms with Crippen molar-refractivity contribution in [1.29, 1.82) is 0 Å². The number of sulfonamides is 1. The van der Waals surface area contributed by atoms with Gasteiger partial charge in [0.1, 0.15) is 5.82 Å². The number of hydrogen-bond donors (Lipinski definition) is 1. The Labute approximate surface area is 147 Å². The fraction of sp³-hybridized carbons (Fsp3) is 0.588. The van der Waals surface area contributed by atoms with Gasteiger partial charge in [-0.15, -0.1) is 0 Å². The highest BCUT2D eigenvalue weighted by molar-refractivity contribution is 7.89. The van der Waals surface area contributed by atoms with Crippen molar-refractivity contribution < 1.29 is 22.3 Å². The molecule has 1 saturated heterocycles. The van der Waals surface area contributed by atoms with Crippen LogP contribution in [0.25, 0.3) is 0 Å². The molecule has 1 aliphatic heterocycles. The molecule has 1 spiro atoms. The first-order valence-corrected chi connectivity index (χ1v) is 9.97. The number of carbonyl (C=O) groups is 1. The molecule has 1 aromatic rings. The predicted molar refractivity (Wildman–Crippen MR) is 90.1 cm³/mol. The average molecular weight is 370 g/mol. The molecular weight excluding hydrogens is 347 g/mol. The van der Waals surface area contributed by atoms with Gasteiger partial charge in [-0.2, -0.15) is 0 Å². The molecule has 0 bridgehead atoms. The summed E-state index contributed by atoms with van der Waals surface area (Å²) in [6.45, 7) is 2.68. The predicted octanol–water partition coefficient (Wildman–Crippen LogP) is 1.58. The molecule has 0 radical (unpaired) electrons. The maximum absolute atomic E-state index is 13.1. The lowest BCUT2D eigenvalue weighted by molar-refractivity contribution is -0.148. The van der Waals surface area contributed by atoms with Crippen LogP contribution in [0.1, 0.15) is 31.2 Å². The average Bonchev–Trinajstić information content (AvgIpc) is 3.00. The Kier molecular flexibility index (Phi) is 5.13. The van der Waals surface area contributed by atoms with E-state index in [0.29, 0.717) is 25.3 Å². The fourth-order valence-electron chi connectivity index (χ4n) is 3.64. The number of halogens is 1. The van der Waals surface area contributed by atoms with Crippen LogP contribution in [0.15, 0.2) is 23.1 Å². The van der Waals surface area contributed by atoms with Crippen molar-refractivity contribution in [2.24, 2.45) is 0 Å². The molecule has 1 aliphatic carbocycles. The van der Waals surface area contributed by atoms with E-state index in [2.05, 4.69) is 4.72 Å². The van der Waals surface area contributed by atoms with Crippen molar-refractivity contribution in [3.63, 3.8) is 0 Å². The molecule has 1 aromatic carbocycles. The number of nitrogens with zero attached hydrogens (tertiary/aromatic N) is 1. The van der Waals surface area contributed by atoms with E-state index < -0.39 is 15.8 Å². The van der Waals surface area contributed by atoms with Crippen LogP contribution in [0.2, 0.25) is 0 Å². The summed E-state index contributed by atoms with van der Waals surface area (Å²) in [6.07, 6.45) is 4.07. The molecule has 6 nitrogen and oxygen atoms in total. The summed E-state index contributed by atoms with van der Waals surface area (Å²) >= 11 is 0. The molecule has 2 aliphatic rings. The highest BCUT2D eigenvalue weighted by Crippen LogP contribution is 2.35. The standard InChI is InChI=1S/C17H23FN2O4S/c1-13-10-14(18)4-5-15(13)25(22,23)19-11-16(21)20-8-9-24-17(12-20)6-2-3-7-17/h4-5,10,19H,2-3,6-9,11-12H2,1H3. The van der Waals surface area contributed by atoms with Crippen molar-refractivity contribution in [2.75, 3.05) is 26.2 Å². The molecule has 1 saturated carbocycles. The number of amides is 1. The Bertz CT molecular complexity index is 760. The third kappa shape index (κ3) is 4.02. The second kappa shape index (κ2) is 7.01. The summed E-state index contributed by atoms with van der Waals surface area (Å²) in [7, 11) is -3.86. The maximum atomic E-state index is 13.1. The first-order chi connectivity index (χ1) is 11.8. The topological polar surface area (TPSA) is 75.7 Å². The van der Waals surface area contributed by atoms with Gasteiger partial charge >= 0.3 is 0 Å². The molecule has 0 unspecified atom stereocenters. The van der Waals surface area contributed by atoms with Crippen LogP contribution in [-0.4, -0.2) is 51.1 Å². The van der Waals surface area contributed by atoms with Gasteiger partial charge in [-0.1, -0.05) is 12.8 Å². The second-order valence-corrected chi connectivity index (χ2v) is 8.52. The number of nitrogens with one attached hydrogen (secondary N) is 1. The number of morpholine rings is 1. The number of aryl methyl sites for hydroxylation is 1. The van der Waals surface area contributed by atoms with E-state index in [1.807, 2.05) is 0 Å². The van der Waals surface area contributed by atoms with Crippen molar-refractivity contribution >= 4 is 15.9 Å². The Morgan fingerprint density at radius 1 is 1.36 bits per heavy atom. The molecular formula is C17H23FN2O4S. The quantitative estimate of drug-likeness (QED) is 0.873. The minimum absolute atomic E-state index is 0.0176. The Hall–Kier alpha value is -1.51. The van der Waals surface area contributed by atoms with Crippen LogP contribution in [0, 0.1) is 12.7 Å². The van der Waals surface area contributed by atoms with E-state index in [1.165, 1.54) is 13.0 Å². The van der Waals surface area contributed by atoms with Crippen molar-refractivity contribution in [1.82, 2.24) is 9.62 Å². The zero-order valence-corrected chi connectivity index (χ0v) is 15.1. The minimum Gasteiger partial charge on any atom is -0.371 e. The number of rotatable bonds is 4. The Morgan fingerprint density at radius 2 is 2.08 bits per heavy atom.